The van der Waals surface area contributed by atoms with Gasteiger partial charge in [0.15, 0.2) is 0 Å². The first-order valence-corrected chi connectivity index (χ1v) is 8.87. The maximum atomic E-state index is 13.6. The Labute approximate surface area is 144 Å². The van der Waals surface area contributed by atoms with Crippen molar-refractivity contribution in [1.29, 1.82) is 0 Å². The summed E-state index contributed by atoms with van der Waals surface area (Å²) in [5.74, 6) is 0.166. The molecule has 0 radical (unpaired) electrons. The molecular weight excluding hydrogens is 357 g/mol. The molecule has 0 saturated heterocycles. The van der Waals surface area contributed by atoms with Gasteiger partial charge in [0.2, 0.25) is 15.9 Å². The predicted octanol–water partition coefficient (Wildman–Crippen LogP) is 3.56. The number of nitrogens with one attached hydrogen (secondary N) is 1. The number of methoxy groups -OCH3 is 1. The van der Waals surface area contributed by atoms with Crippen LogP contribution in [0.15, 0.2) is 30.5 Å². The standard InChI is InChI=1S/C16H19F3N2O3S/c1-15(2,3)25(22,23)21-13(16(17,18)19)12-9-20-14(24-4)11-8-6-5-7-10(11)12/h5-9,13,21H,1-4H3. The van der Waals surface area contributed by atoms with Crippen LogP contribution in [0.3, 0.4) is 0 Å². The second kappa shape index (κ2) is 6.45. The summed E-state index contributed by atoms with van der Waals surface area (Å²) in [7, 11) is -2.88. The first-order chi connectivity index (χ1) is 11.4. The Morgan fingerprint density at radius 3 is 2.16 bits per heavy atom. The van der Waals surface area contributed by atoms with Gasteiger partial charge in [0.25, 0.3) is 0 Å². The third-order valence-electron chi connectivity index (χ3n) is 3.70. The van der Waals surface area contributed by atoms with Crippen molar-refractivity contribution in [2.45, 2.75) is 37.7 Å². The number of alkyl halides is 3. The fourth-order valence-electron chi connectivity index (χ4n) is 2.22. The van der Waals surface area contributed by atoms with Gasteiger partial charge in [-0.15, -0.1) is 0 Å². The summed E-state index contributed by atoms with van der Waals surface area (Å²) in [5.41, 5.74) is -0.281. The van der Waals surface area contributed by atoms with Gasteiger partial charge < -0.3 is 4.74 Å². The lowest BCUT2D eigenvalue weighted by atomic mass is 10.0. The van der Waals surface area contributed by atoms with Crippen LogP contribution in [0.25, 0.3) is 10.8 Å². The van der Waals surface area contributed by atoms with Gasteiger partial charge in [0.1, 0.15) is 6.04 Å². The molecule has 138 valence electrons. The Hall–Kier alpha value is -1.87. The number of nitrogens with zero attached hydrogens (tertiary/aromatic N) is 1. The minimum Gasteiger partial charge on any atom is -0.481 e. The normalized spacial score (nSPS) is 14.5. The molecule has 5 nitrogen and oxygen atoms in total. The first kappa shape index (κ1) is 19.5. The van der Waals surface area contributed by atoms with E-state index < -0.39 is 27.0 Å². The van der Waals surface area contributed by atoms with Crippen molar-refractivity contribution in [3.63, 3.8) is 0 Å². The van der Waals surface area contributed by atoms with E-state index in [9.17, 15) is 21.6 Å². The molecule has 1 N–H and O–H groups in total. The summed E-state index contributed by atoms with van der Waals surface area (Å²) >= 11 is 0. The molecule has 0 spiro atoms. The number of pyridine rings is 1. The molecule has 0 amide bonds. The van der Waals surface area contributed by atoms with Gasteiger partial charge in [0, 0.05) is 17.1 Å². The number of sulfonamides is 1. The van der Waals surface area contributed by atoms with Gasteiger partial charge in [-0.3, -0.25) is 0 Å². The van der Waals surface area contributed by atoms with Crippen molar-refractivity contribution in [1.82, 2.24) is 9.71 Å². The largest absolute Gasteiger partial charge is 0.481 e. The Balaban J connectivity index is 2.67. The van der Waals surface area contributed by atoms with Crippen LogP contribution in [0.1, 0.15) is 32.4 Å². The quantitative estimate of drug-likeness (QED) is 0.886. The first-order valence-electron chi connectivity index (χ1n) is 7.38. The number of rotatable bonds is 4. The second-order valence-corrected chi connectivity index (χ2v) is 8.94. The molecule has 2 aromatic rings. The lowest BCUT2D eigenvalue weighted by Crippen LogP contribution is -2.45. The van der Waals surface area contributed by atoms with Crippen molar-refractivity contribution in [2.75, 3.05) is 7.11 Å². The van der Waals surface area contributed by atoms with E-state index in [-0.39, 0.29) is 16.8 Å². The minimum atomic E-state index is -4.84. The van der Waals surface area contributed by atoms with Crippen LogP contribution in [0.2, 0.25) is 0 Å². The molecule has 9 heteroatoms. The molecule has 25 heavy (non-hydrogen) atoms. The molecule has 0 aliphatic rings. The molecule has 1 aromatic heterocycles. The second-order valence-electron chi connectivity index (χ2n) is 6.48. The van der Waals surface area contributed by atoms with Crippen LogP contribution in [0, 0.1) is 0 Å². The Bertz CT molecular complexity index is 874. The zero-order valence-corrected chi connectivity index (χ0v) is 15.0. The van der Waals surface area contributed by atoms with Crippen molar-refractivity contribution in [3.05, 3.63) is 36.0 Å². The lowest BCUT2D eigenvalue weighted by molar-refractivity contribution is -0.152. The highest BCUT2D eigenvalue weighted by atomic mass is 32.2. The third-order valence-corrected chi connectivity index (χ3v) is 5.86. The summed E-state index contributed by atoms with van der Waals surface area (Å²) in [5, 5.41) is 0.583. The van der Waals surface area contributed by atoms with Crippen molar-refractivity contribution < 1.29 is 26.3 Å². The van der Waals surface area contributed by atoms with Crippen LogP contribution < -0.4 is 9.46 Å². The molecule has 1 heterocycles. The topological polar surface area (TPSA) is 68.3 Å². The molecule has 0 bridgehead atoms. The molecule has 0 fully saturated rings. The maximum absolute atomic E-state index is 13.6. The summed E-state index contributed by atoms with van der Waals surface area (Å²) in [6.45, 7) is 3.98. The minimum absolute atomic E-state index is 0.166. The Morgan fingerprint density at radius 2 is 1.68 bits per heavy atom. The van der Waals surface area contributed by atoms with Gasteiger partial charge in [-0.25, -0.2) is 13.4 Å². The number of ether oxygens (including phenoxy) is 1. The van der Waals surface area contributed by atoms with Gasteiger partial charge in [0.05, 0.1) is 11.9 Å². The van der Waals surface area contributed by atoms with Crippen molar-refractivity contribution in [2.24, 2.45) is 0 Å². The molecule has 0 aliphatic carbocycles. The summed E-state index contributed by atoms with van der Waals surface area (Å²) in [6, 6.07) is 3.82. The Kier molecular flexibility index (Phi) is 5.02. The molecule has 1 atom stereocenters. The van der Waals surface area contributed by atoms with Crippen molar-refractivity contribution >= 4 is 20.8 Å². The number of hydrogen-bond acceptors (Lipinski definition) is 4. The number of halogens is 3. The SMILES string of the molecule is COc1ncc(C(NS(=O)(=O)C(C)(C)C)C(F)(F)F)c2ccccc12. The van der Waals surface area contributed by atoms with E-state index in [1.165, 1.54) is 33.9 Å². The summed E-state index contributed by atoms with van der Waals surface area (Å²) in [6.07, 6.45) is -3.85. The average molecular weight is 376 g/mol. The highest BCUT2D eigenvalue weighted by Crippen LogP contribution is 2.39. The zero-order valence-electron chi connectivity index (χ0n) is 14.2. The molecule has 2 rings (SSSR count). The average Bonchev–Trinajstić information content (AvgIpc) is 2.49. The van der Waals surface area contributed by atoms with Gasteiger partial charge in [-0.2, -0.15) is 17.9 Å². The van der Waals surface area contributed by atoms with E-state index in [0.29, 0.717) is 5.39 Å². The monoisotopic (exact) mass is 376 g/mol. The van der Waals surface area contributed by atoms with Crippen LogP contribution in [-0.2, 0) is 10.0 Å². The third kappa shape index (κ3) is 3.87. The number of fused-ring (bicyclic) bond motifs is 1. The fourth-order valence-corrected chi connectivity index (χ4v) is 3.14. The van der Waals surface area contributed by atoms with E-state index in [2.05, 4.69) is 4.98 Å². The lowest BCUT2D eigenvalue weighted by Gasteiger charge is -2.27. The maximum Gasteiger partial charge on any atom is 0.408 e. The smallest absolute Gasteiger partial charge is 0.408 e. The number of hydrogen-bond donors (Lipinski definition) is 1. The van der Waals surface area contributed by atoms with E-state index >= 15 is 0 Å². The zero-order chi connectivity index (χ0) is 19.0. The molecule has 0 aliphatic heterocycles. The number of aromatic nitrogens is 1. The Morgan fingerprint density at radius 1 is 1.12 bits per heavy atom. The van der Waals surface area contributed by atoms with Gasteiger partial charge >= 0.3 is 6.18 Å². The van der Waals surface area contributed by atoms with Crippen LogP contribution in [-0.4, -0.2) is 31.4 Å². The van der Waals surface area contributed by atoms with E-state index in [1.54, 1.807) is 22.9 Å². The highest BCUT2D eigenvalue weighted by molar-refractivity contribution is 7.90. The van der Waals surface area contributed by atoms with Gasteiger partial charge in [-0.1, -0.05) is 18.2 Å². The molecule has 1 aromatic carbocycles. The predicted molar refractivity (Wildman–Crippen MR) is 88.9 cm³/mol. The fraction of sp³-hybridized carbons (Fsp3) is 0.438. The highest BCUT2D eigenvalue weighted by Gasteiger charge is 2.46. The van der Waals surface area contributed by atoms with Gasteiger partial charge in [-0.05, 0) is 32.2 Å². The van der Waals surface area contributed by atoms with E-state index in [4.69, 9.17) is 4.74 Å². The molecular formula is C16H19F3N2O3S. The van der Waals surface area contributed by atoms with Crippen molar-refractivity contribution in [3.8, 4) is 5.88 Å². The summed E-state index contributed by atoms with van der Waals surface area (Å²) in [4.78, 5) is 3.89. The van der Waals surface area contributed by atoms with Crippen LogP contribution in [0.4, 0.5) is 13.2 Å². The van der Waals surface area contributed by atoms with E-state index in [1.807, 2.05) is 0 Å². The summed E-state index contributed by atoms with van der Waals surface area (Å²) < 4.78 is 71.0. The van der Waals surface area contributed by atoms with E-state index in [0.717, 1.165) is 6.20 Å². The molecule has 1 unspecified atom stereocenters. The molecule has 0 saturated carbocycles. The van der Waals surface area contributed by atoms with Crippen LogP contribution in [0.5, 0.6) is 5.88 Å². The van der Waals surface area contributed by atoms with Crippen LogP contribution >= 0.6 is 0 Å². The number of benzene rings is 1.